The van der Waals surface area contributed by atoms with Crippen molar-refractivity contribution >= 4 is 12.5 Å². The van der Waals surface area contributed by atoms with Gasteiger partial charge in [-0.1, -0.05) is 17.7 Å². The number of nitrogens with zero attached hydrogens (tertiary/aromatic N) is 4. The Balaban J connectivity index is 2.71. The molecule has 1 aliphatic heterocycles. The van der Waals surface area contributed by atoms with E-state index in [1.54, 1.807) is 21.2 Å². The maximum Gasteiger partial charge on any atom is 0.327 e. The first-order valence-corrected chi connectivity index (χ1v) is 4.14. The molecule has 0 fully saturated rings. The molecule has 0 radical (unpaired) electrons. The van der Waals surface area contributed by atoms with Gasteiger partial charge in [-0.25, -0.2) is 4.24 Å². The largest absolute Gasteiger partial charge is 0.428 e. The van der Waals surface area contributed by atoms with Crippen LogP contribution in [0, 0.1) is 13.3 Å². The van der Waals surface area contributed by atoms with Gasteiger partial charge in [0, 0.05) is 6.07 Å². The molecule has 2 rings (SSSR count). The monoisotopic (exact) mass is 186 g/mol. The zero-order valence-corrected chi connectivity index (χ0v) is 7.67. The fourth-order valence-corrected chi connectivity index (χ4v) is 1.17. The summed E-state index contributed by atoms with van der Waals surface area (Å²) in [5.41, 5.74) is 0.683. The van der Waals surface area contributed by atoms with E-state index in [9.17, 15) is 0 Å². The summed E-state index contributed by atoms with van der Waals surface area (Å²) in [5.74, 6) is 0.683. The Hall–Kier alpha value is -2.10. The molecule has 1 aromatic rings. The highest BCUT2D eigenvalue weighted by atomic mass is 15.2. The first-order valence-electron chi connectivity index (χ1n) is 4.14. The predicted octanol–water partition coefficient (Wildman–Crippen LogP) is -0.150. The summed E-state index contributed by atoms with van der Waals surface area (Å²) in [6.45, 7) is 9.44. The molecule has 14 heavy (non-hydrogen) atoms. The lowest BCUT2D eigenvalue weighted by Gasteiger charge is -2.21. The second-order valence-electron chi connectivity index (χ2n) is 2.83. The van der Waals surface area contributed by atoms with Crippen molar-refractivity contribution in [3.05, 3.63) is 54.8 Å². The van der Waals surface area contributed by atoms with E-state index in [1.165, 1.54) is 0 Å². The van der Waals surface area contributed by atoms with E-state index in [1.807, 2.05) is 24.9 Å². The number of rotatable bonds is 0. The van der Waals surface area contributed by atoms with Crippen LogP contribution >= 0.6 is 0 Å². The average Bonchev–Trinajstić information content (AvgIpc) is 2.20. The Labute approximate surface area is 81.9 Å². The van der Waals surface area contributed by atoms with Crippen molar-refractivity contribution in [2.75, 3.05) is 0 Å². The summed E-state index contributed by atoms with van der Waals surface area (Å²) >= 11 is 0. The van der Waals surface area contributed by atoms with Crippen molar-refractivity contribution in [3.63, 3.8) is 0 Å². The smallest absolute Gasteiger partial charge is 0.327 e. The lowest BCUT2D eigenvalue weighted by molar-refractivity contribution is -0.525. The predicted molar refractivity (Wildman–Crippen MR) is 52.4 cm³/mol. The number of hydrogen-bond acceptors (Lipinski definition) is 1. The molecule has 0 aromatic carbocycles. The van der Waals surface area contributed by atoms with Gasteiger partial charge in [0.15, 0.2) is 0 Å². The van der Waals surface area contributed by atoms with Gasteiger partial charge < -0.3 is 9.89 Å². The second-order valence-corrected chi connectivity index (χ2v) is 2.83. The molecule has 4 nitrogen and oxygen atoms in total. The molecule has 0 saturated carbocycles. The minimum absolute atomic E-state index is 0.683. The van der Waals surface area contributed by atoms with Crippen molar-refractivity contribution in [3.8, 4) is 0 Å². The first kappa shape index (κ1) is 8.50. The third-order valence-electron chi connectivity index (χ3n) is 1.84. The van der Waals surface area contributed by atoms with Crippen LogP contribution in [-0.4, -0.2) is 16.3 Å². The second kappa shape index (κ2) is 3.33. The summed E-state index contributed by atoms with van der Waals surface area (Å²) in [5, 5.41) is 4.19. The van der Waals surface area contributed by atoms with E-state index in [0.717, 1.165) is 0 Å². The van der Waals surface area contributed by atoms with Gasteiger partial charge in [-0.3, -0.25) is 0 Å². The highest BCUT2D eigenvalue weighted by molar-refractivity contribution is 5.52. The van der Waals surface area contributed by atoms with E-state index >= 15 is 0 Å². The van der Waals surface area contributed by atoms with Gasteiger partial charge in [-0.15, -0.1) is 12.8 Å². The van der Waals surface area contributed by atoms with E-state index in [2.05, 4.69) is 23.7 Å². The molecule has 4 heteroatoms. The van der Waals surface area contributed by atoms with Gasteiger partial charge in [0.2, 0.25) is 0 Å². The van der Waals surface area contributed by atoms with Crippen LogP contribution in [0.5, 0.6) is 0 Å². The molecule has 0 aliphatic carbocycles. The summed E-state index contributed by atoms with van der Waals surface area (Å²) in [6.07, 6.45) is 7.03. The lowest BCUT2D eigenvalue weighted by atomic mass is 10.4. The molecule has 0 saturated heterocycles. The molecule has 0 unspecified atom stereocenters. The van der Waals surface area contributed by atoms with Gasteiger partial charge in [0.1, 0.15) is 12.0 Å². The van der Waals surface area contributed by atoms with Gasteiger partial charge in [-0.05, 0) is 0 Å². The van der Waals surface area contributed by atoms with Crippen molar-refractivity contribution in [2.24, 2.45) is 0 Å². The molecule has 70 valence electrons. The van der Waals surface area contributed by atoms with Gasteiger partial charge in [-0.2, -0.15) is 0 Å². The maximum absolute atomic E-state index is 4.19. The van der Waals surface area contributed by atoms with E-state index in [0.29, 0.717) is 11.3 Å². The van der Waals surface area contributed by atoms with Crippen LogP contribution in [0.25, 0.3) is 11.1 Å². The van der Waals surface area contributed by atoms with Crippen LogP contribution in [0.1, 0.15) is 0 Å². The van der Waals surface area contributed by atoms with E-state index in [4.69, 9.17) is 0 Å². The van der Waals surface area contributed by atoms with Crippen LogP contribution in [0.4, 0.5) is 0 Å². The third kappa shape index (κ3) is 1.37. The van der Waals surface area contributed by atoms with Crippen LogP contribution in [0.2, 0.25) is 0 Å². The molecule has 0 bridgehead atoms. The fraction of sp³-hybridized carbons (Fsp3) is 0. The summed E-state index contributed by atoms with van der Waals surface area (Å²) in [6, 6.07) is 1.81. The van der Waals surface area contributed by atoms with Gasteiger partial charge in [0.25, 0.3) is 0 Å². The fourth-order valence-electron chi connectivity index (χ4n) is 1.17. The maximum atomic E-state index is 4.19. The molecule has 1 aliphatic rings. The molecule has 0 atom stereocenters. The summed E-state index contributed by atoms with van der Waals surface area (Å²) < 4.78 is 3.31. The Morgan fingerprint density at radius 1 is 1.43 bits per heavy atom. The molecule has 0 amide bonds. The van der Waals surface area contributed by atoms with E-state index in [-0.39, 0.29) is 0 Å². The Kier molecular flexibility index (Phi) is 2.02. The van der Waals surface area contributed by atoms with Crippen LogP contribution in [0.15, 0.2) is 30.7 Å². The highest BCUT2D eigenvalue weighted by Gasteiger charge is 2.04. The third-order valence-corrected chi connectivity index (χ3v) is 1.84. The molecule has 0 spiro atoms. The number of aromatic nitrogens is 2. The lowest BCUT2D eigenvalue weighted by Crippen LogP contribution is -2.41. The molecule has 0 N–H and O–H groups in total. The molecule has 2 heterocycles. The average molecular weight is 186 g/mol. The quantitative estimate of drug-likeness (QED) is 0.410. The minimum atomic E-state index is 0.683. The molecular formula is C10H10N4. The van der Waals surface area contributed by atoms with Crippen LogP contribution in [0.3, 0.4) is 0 Å². The van der Waals surface area contributed by atoms with Crippen molar-refractivity contribution < 1.29 is 8.82 Å². The van der Waals surface area contributed by atoms with Crippen molar-refractivity contribution in [1.29, 1.82) is 0 Å². The minimum Gasteiger partial charge on any atom is -0.428 e. The van der Waals surface area contributed by atoms with Crippen molar-refractivity contribution in [1.82, 2.24) is 4.98 Å². The standard InChI is InChI=1S/C10H10N4/c1-13-7-3-5-11-9(13)10-12-6-4-8-14(10)2/h3-8H,1-2H2. The first-order chi connectivity index (χ1) is 6.79. The van der Waals surface area contributed by atoms with Gasteiger partial charge >= 0.3 is 5.48 Å². The molecular weight excluding hydrogens is 176 g/mol. The highest BCUT2D eigenvalue weighted by Crippen LogP contribution is 2.12. The van der Waals surface area contributed by atoms with Crippen LogP contribution in [-0.2, 0) is 0 Å². The Bertz CT molecular complexity index is 501. The zero-order chi connectivity index (χ0) is 9.97. The normalized spacial score (nSPS) is 18.7. The number of hydrogen-bond donors (Lipinski definition) is 0. The molecule has 1 aromatic heterocycles. The Morgan fingerprint density at radius 3 is 3.00 bits per heavy atom. The topological polar surface area (TPSA) is 35.9 Å². The van der Waals surface area contributed by atoms with Gasteiger partial charge in [0.05, 0.1) is 12.9 Å². The van der Waals surface area contributed by atoms with Crippen LogP contribution < -0.4 is 9.72 Å². The summed E-state index contributed by atoms with van der Waals surface area (Å²) in [7, 11) is 0. The van der Waals surface area contributed by atoms with Crippen molar-refractivity contribution in [2.45, 2.75) is 0 Å². The zero-order valence-electron chi connectivity index (χ0n) is 7.67. The van der Waals surface area contributed by atoms with E-state index < -0.39 is 0 Å². The Morgan fingerprint density at radius 2 is 2.29 bits per heavy atom. The SMILES string of the molecule is C=[N+]1[CH-]C=C[N-]C1=c1nccc[n+]1=C. The summed E-state index contributed by atoms with van der Waals surface area (Å²) in [4.78, 5) is 4.19.